The van der Waals surface area contributed by atoms with Crippen molar-refractivity contribution >= 4 is 23.2 Å². The van der Waals surface area contributed by atoms with Gasteiger partial charge in [-0.15, -0.1) is 0 Å². The van der Waals surface area contributed by atoms with Crippen LogP contribution in [0.2, 0.25) is 0 Å². The lowest BCUT2D eigenvalue weighted by Crippen LogP contribution is -2.47. The van der Waals surface area contributed by atoms with Crippen LogP contribution >= 0.6 is 0 Å². The topological polar surface area (TPSA) is 88.5 Å². The molecule has 1 aliphatic rings. The molecule has 2 amide bonds. The predicted molar refractivity (Wildman–Crippen MR) is 117 cm³/mol. The Bertz CT molecular complexity index is 915. The van der Waals surface area contributed by atoms with Crippen LogP contribution in [0.15, 0.2) is 24.3 Å². The average molecular weight is 414 g/mol. The lowest BCUT2D eigenvalue weighted by Gasteiger charge is -2.34. The van der Waals surface area contributed by atoms with Crippen molar-refractivity contribution in [2.24, 2.45) is 13.0 Å². The number of nitrogens with zero attached hydrogens (tertiary/aromatic N) is 3. The van der Waals surface area contributed by atoms with Gasteiger partial charge in [-0.3, -0.25) is 19.2 Å². The number of ether oxygens (including phenoxy) is 1. The minimum atomic E-state index is -0.276. The van der Waals surface area contributed by atoms with E-state index in [2.05, 4.69) is 20.6 Å². The summed E-state index contributed by atoms with van der Waals surface area (Å²) in [6, 6.07) is 7.12. The summed E-state index contributed by atoms with van der Waals surface area (Å²) < 4.78 is 7.07. The van der Waals surface area contributed by atoms with E-state index in [-0.39, 0.29) is 23.8 Å². The van der Waals surface area contributed by atoms with Gasteiger partial charge in [-0.25, -0.2) is 0 Å². The van der Waals surface area contributed by atoms with Gasteiger partial charge < -0.3 is 15.4 Å². The summed E-state index contributed by atoms with van der Waals surface area (Å²) in [7, 11) is 3.45. The number of rotatable bonds is 6. The Morgan fingerprint density at radius 1 is 1.17 bits per heavy atom. The number of hydrogen-bond donors (Lipinski definition) is 2. The number of para-hydroxylation sites is 2. The van der Waals surface area contributed by atoms with Crippen LogP contribution in [-0.2, 0) is 16.6 Å². The van der Waals surface area contributed by atoms with Gasteiger partial charge in [0.25, 0.3) is 0 Å². The second-order valence-electron chi connectivity index (χ2n) is 7.83. The molecule has 0 spiro atoms. The van der Waals surface area contributed by atoms with Crippen molar-refractivity contribution < 1.29 is 14.3 Å². The number of carbonyl (C=O) groups is 2. The second kappa shape index (κ2) is 9.30. The molecule has 30 heavy (non-hydrogen) atoms. The number of carbonyl (C=O) groups excluding carboxylic acids is 2. The first-order valence-electron chi connectivity index (χ1n) is 10.3. The van der Waals surface area contributed by atoms with Crippen LogP contribution in [0.5, 0.6) is 5.75 Å². The van der Waals surface area contributed by atoms with Crippen molar-refractivity contribution in [2.75, 3.05) is 30.8 Å². The van der Waals surface area contributed by atoms with Crippen LogP contribution < -0.4 is 15.4 Å². The van der Waals surface area contributed by atoms with Gasteiger partial charge in [0.05, 0.1) is 35.9 Å². The molecule has 1 fully saturated rings. The van der Waals surface area contributed by atoms with E-state index in [1.54, 1.807) is 11.8 Å². The van der Waals surface area contributed by atoms with Crippen molar-refractivity contribution in [1.82, 2.24) is 14.7 Å². The molecule has 3 rings (SSSR count). The number of likely N-dealkylation sites (tertiary alicyclic amines) is 1. The molecule has 0 bridgehead atoms. The summed E-state index contributed by atoms with van der Waals surface area (Å²) in [5.41, 5.74) is 3.20. The Morgan fingerprint density at radius 3 is 2.43 bits per heavy atom. The Hall–Kier alpha value is -2.87. The number of nitrogens with one attached hydrogen (secondary N) is 2. The molecule has 1 aliphatic heterocycles. The van der Waals surface area contributed by atoms with Gasteiger partial charge in [0.2, 0.25) is 11.8 Å². The molecule has 2 aromatic rings. The van der Waals surface area contributed by atoms with E-state index in [9.17, 15) is 9.59 Å². The van der Waals surface area contributed by atoms with Gasteiger partial charge in [-0.1, -0.05) is 12.1 Å². The second-order valence-corrected chi connectivity index (χ2v) is 7.83. The smallest absolute Gasteiger partial charge is 0.241 e. The van der Waals surface area contributed by atoms with E-state index in [0.717, 1.165) is 17.1 Å². The highest BCUT2D eigenvalue weighted by atomic mass is 16.5. The molecule has 1 atom stereocenters. The quantitative estimate of drug-likeness (QED) is 0.760. The van der Waals surface area contributed by atoms with E-state index in [1.165, 1.54) is 0 Å². The number of piperidine rings is 1. The van der Waals surface area contributed by atoms with Crippen molar-refractivity contribution in [3.63, 3.8) is 0 Å². The van der Waals surface area contributed by atoms with Crippen LogP contribution in [0.3, 0.4) is 0 Å². The minimum Gasteiger partial charge on any atom is -0.495 e. The Kier molecular flexibility index (Phi) is 6.77. The number of anilines is 2. The summed E-state index contributed by atoms with van der Waals surface area (Å²) in [6.45, 7) is 7.13. The van der Waals surface area contributed by atoms with Crippen LogP contribution in [-0.4, -0.2) is 52.7 Å². The van der Waals surface area contributed by atoms with Gasteiger partial charge in [0.15, 0.2) is 0 Å². The van der Waals surface area contributed by atoms with Crippen molar-refractivity contribution in [1.29, 1.82) is 0 Å². The first-order chi connectivity index (χ1) is 14.3. The van der Waals surface area contributed by atoms with E-state index < -0.39 is 0 Å². The zero-order valence-corrected chi connectivity index (χ0v) is 18.4. The van der Waals surface area contributed by atoms with Crippen LogP contribution in [0.25, 0.3) is 0 Å². The third-order valence-electron chi connectivity index (χ3n) is 5.95. The van der Waals surface area contributed by atoms with Gasteiger partial charge in [0.1, 0.15) is 5.75 Å². The Morgan fingerprint density at radius 2 is 1.83 bits per heavy atom. The maximum Gasteiger partial charge on any atom is 0.241 e. The lowest BCUT2D eigenvalue weighted by atomic mass is 9.94. The van der Waals surface area contributed by atoms with Crippen molar-refractivity contribution in [3.05, 3.63) is 35.7 Å². The van der Waals surface area contributed by atoms with E-state index >= 15 is 0 Å². The third kappa shape index (κ3) is 4.64. The number of methoxy groups -OCH3 is 1. The Labute approximate surface area is 177 Å². The predicted octanol–water partition coefficient (Wildman–Crippen LogP) is 2.72. The summed E-state index contributed by atoms with van der Waals surface area (Å²) in [5, 5.41) is 10.3. The maximum absolute atomic E-state index is 12.8. The minimum absolute atomic E-state index is 0.00198. The summed E-state index contributed by atoms with van der Waals surface area (Å²) in [4.78, 5) is 27.6. The summed E-state index contributed by atoms with van der Waals surface area (Å²) in [5.74, 6) is 0.516. The highest BCUT2D eigenvalue weighted by Crippen LogP contribution is 2.26. The number of hydrogen-bond acceptors (Lipinski definition) is 5. The first-order valence-corrected chi connectivity index (χ1v) is 10.3. The SMILES string of the molecule is COc1ccccc1NC(=O)C1CCN([C@@H](C)C(=O)Nc2c(C)nn(C)c2C)CC1. The van der Waals surface area contributed by atoms with Gasteiger partial charge in [-0.2, -0.15) is 5.10 Å². The molecule has 0 aliphatic carbocycles. The summed E-state index contributed by atoms with van der Waals surface area (Å²) >= 11 is 0. The normalized spacial score (nSPS) is 16.2. The highest BCUT2D eigenvalue weighted by Gasteiger charge is 2.30. The van der Waals surface area contributed by atoms with Gasteiger partial charge >= 0.3 is 0 Å². The fraction of sp³-hybridized carbons (Fsp3) is 0.500. The van der Waals surface area contributed by atoms with Crippen molar-refractivity contribution in [2.45, 2.75) is 39.7 Å². The molecule has 162 valence electrons. The standard InChI is InChI=1S/C22H31N5O3/c1-14-20(15(2)26(4)25-14)24-21(28)16(3)27-12-10-17(11-13-27)22(29)23-18-8-6-7-9-19(18)30-5/h6-9,16-17H,10-13H2,1-5H3,(H,23,29)(H,24,28)/t16-/m0/s1. The van der Waals surface area contributed by atoms with E-state index in [1.807, 2.05) is 52.1 Å². The highest BCUT2D eigenvalue weighted by molar-refractivity contribution is 5.96. The number of amides is 2. The fourth-order valence-electron chi connectivity index (χ4n) is 3.88. The number of benzene rings is 1. The molecule has 2 heterocycles. The van der Waals surface area contributed by atoms with Gasteiger partial charge in [-0.05, 0) is 58.8 Å². The van der Waals surface area contributed by atoms with E-state index in [0.29, 0.717) is 37.4 Å². The van der Waals surface area contributed by atoms with Crippen LogP contribution in [0, 0.1) is 19.8 Å². The molecular weight excluding hydrogens is 382 g/mol. The molecule has 8 heteroatoms. The Balaban J connectivity index is 1.54. The lowest BCUT2D eigenvalue weighted by molar-refractivity contribution is -0.123. The zero-order chi connectivity index (χ0) is 21.8. The maximum atomic E-state index is 12.8. The molecule has 1 saturated heterocycles. The van der Waals surface area contributed by atoms with Gasteiger partial charge in [0, 0.05) is 13.0 Å². The van der Waals surface area contributed by atoms with Crippen molar-refractivity contribution in [3.8, 4) is 5.75 Å². The molecule has 1 aromatic heterocycles. The molecule has 0 unspecified atom stereocenters. The third-order valence-corrected chi connectivity index (χ3v) is 5.95. The molecule has 0 saturated carbocycles. The number of aryl methyl sites for hydroxylation is 2. The summed E-state index contributed by atoms with van der Waals surface area (Å²) in [6.07, 6.45) is 1.42. The van der Waals surface area contributed by atoms with E-state index in [4.69, 9.17) is 4.74 Å². The first kappa shape index (κ1) is 21.8. The van der Waals surface area contributed by atoms with Crippen LogP contribution in [0.4, 0.5) is 11.4 Å². The molecule has 2 N–H and O–H groups in total. The fourth-order valence-corrected chi connectivity index (χ4v) is 3.88. The molecule has 1 aromatic carbocycles. The largest absolute Gasteiger partial charge is 0.495 e. The molecule has 0 radical (unpaired) electrons. The monoisotopic (exact) mass is 413 g/mol. The van der Waals surface area contributed by atoms with Crippen LogP contribution in [0.1, 0.15) is 31.2 Å². The molecule has 8 nitrogen and oxygen atoms in total. The number of aromatic nitrogens is 2. The zero-order valence-electron chi connectivity index (χ0n) is 18.4. The molecular formula is C22H31N5O3. The average Bonchev–Trinajstić information content (AvgIpc) is 2.99.